The van der Waals surface area contributed by atoms with E-state index in [4.69, 9.17) is 0 Å². The van der Waals surface area contributed by atoms with Gasteiger partial charge in [-0.2, -0.15) is 13.2 Å². The Bertz CT molecular complexity index is 1460. The van der Waals surface area contributed by atoms with E-state index in [2.05, 4.69) is 15.6 Å². The number of allylic oxidation sites excluding steroid dienone is 3. The lowest BCUT2D eigenvalue weighted by atomic mass is 9.67. The van der Waals surface area contributed by atoms with Gasteiger partial charge < -0.3 is 10.6 Å². The summed E-state index contributed by atoms with van der Waals surface area (Å²) in [5, 5.41) is 5.92. The van der Waals surface area contributed by atoms with E-state index < -0.39 is 29.5 Å². The quantitative estimate of drug-likeness (QED) is 0.428. The number of pyridine rings is 1. The standard InChI is InChI=1S/C30H26F3N3O2/c1-17-12-13-34-25(14-17)36-29(38)26-18(2)35-23-15-20(19-8-4-3-5-9-19)16-24(37)28(23)27(26)21-10-6-7-11-22(21)30(31,32)33/h3-15,20,27-28,35H,16H2,1-2H3,(H,34,36,38). The number of ketones is 1. The van der Waals surface area contributed by atoms with Crippen LogP contribution in [0, 0.1) is 12.8 Å². The fraction of sp³-hybridized carbons (Fsp3) is 0.233. The fourth-order valence-corrected chi connectivity index (χ4v) is 5.44. The van der Waals surface area contributed by atoms with Gasteiger partial charge in [-0.15, -0.1) is 0 Å². The van der Waals surface area contributed by atoms with Gasteiger partial charge in [0.25, 0.3) is 5.91 Å². The lowest BCUT2D eigenvalue weighted by Crippen LogP contribution is -2.43. The zero-order chi connectivity index (χ0) is 27.0. The van der Waals surface area contributed by atoms with E-state index in [0.717, 1.165) is 17.2 Å². The highest BCUT2D eigenvalue weighted by molar-refractivity contribution is 6.06. The number of hydrogen-bond acceptors (Lipinski definition) is 4. The lowest BCUT2D eigenvalue weighted by molar-refractivity contribution is -0.139. The summed E-state index contributed by atoms with van der Waals surface area (Å²) in [7, 11) is 0. The Morgan fingerprint density at radius 1 is 1.00 bits per heavy atom. The Morgan fingerprint density at radius 3 is 2.42 bits per heavy atom. The number of nitrogens with one attached hydrogen (secondary N) is 2. The molecular formula is C30H26F3N3O2. The molecule has 194 valence electrons. The van der Waals surface area contributed by atoms with Crippen LogP contribution in [0.25, 0.3) is 0 Å². The second-order valence-electron chi connectivity index (χ2n) is 9.69. The molecule has 0 radical (unpaired) electrons. The van der Waals surface area contributed by atoms with Gasteiger partial charge in [-0.3, -0.25) is 9.59 Å². The first kappa shape index (κ1) is 25.4. The molecule has 3 aromatic rings. The van der Waals surface area contributed by atoms with Gasteiger partial charge in [0.05, 0.1) is 11.5 Å². The number of hydrogen-bond donors (Lipinski definition) is 2. The van der Waals surface area contributed by atoms with E-state index in [0.29, 0.717) is 11.4 Å². The number of aromatic nitrogens is 1. The molecule has 1 amide bonds. The third-order valence-electron chi connectivity index (χ3n) is 7.09. The highest BCUT2D eigenvalue weighted by atomic mass is 19.4. The van der Waals surface area contributed by atoms with E-state index in [1.165, 1.54) is 24.4 Å². The monoisotopic (exact) mass is 517 g/mol. The molecule has 1 aliphatic heterocycles. The number of halogens is 3. The second kappa shape index (κ2) is 9.93. The molecule has 2 aromatic carbocycles. The van der Waals surface area contributed by atoms with E-state index in [1.54, 1.807) is 19.1 Å². The third kappa shape index (κ3) is 4.86. The van der Waals surface area contributed by atoms with Crippen LogP contribution in [0.2, 0.25) is 0 Å². The molecule has 3 atom stereocenters. The van der Waals surface area contributed by atoms with Gasteiger partial charge in [-0.1, -0.05) is 54.6 Å². The Labute approximate surface area is 218 Å². The number of rotatable bonds is 4. The van der Waals surface area contributed by atoms with Gasteiger partial charge in [0.1, 0.15) is 11.6 Å². The number of Topliss-reactive ketones (excluding diaryl/α,β-unsaturated/α-hetero) is 1. The molecule has 8 heteroatoms. The Kier molecular flexibility index (Phi) is 6.65. The highest BCUT2D eigenvalue weighted by Crippen LogP contribution is 2.48. The van der Waals surface area contributed by atoms with Crippen molar-refractivity contribution in [3.8, 4) is 0 Å². The molecule has 0 bridgehead atoms. The van der Waals surface area contributed by atoms with E-state index >= 15 is 0 Å². The van der Waals surface area contributed by atoms with Crippen LogP contribution in [-0.2, 0) is 15.8 Å². The summed E-state index contributed by atoms with van der Waals surface area (Å²) in [6, 6.07) is 18.1. The minimum atomic E-state index is -4.66. The van der Waals surface area contributed by atoms with Gasteiger partial charge in [-0.25, -0.2) is 4.98 Å². The number of benzene rings is 2. The summed E-state index contributed by atoms with van der Waals surface area (Å²) < 4.78 is 42.5. The van der Waals surface area contributed by atoms with Gasteiger partial charge >= 0.3 is 6.18 Å². The van der Waals surface area contributed by atoms with Crippen molar-refractivity contribution in [1.29, 1.82) is 0 Å². The number of anilines is 1. The number of fused-ring (bicyclic) bond motifs is 1. The average molecular weight is 518 g/mol. The lowest BCUT2D eigenvalue weighted by Gasteiger charge is -2.40. The summed E-state index contributed by atoms with van der Waals surface area (Å²) in [6.45, 7) is 3.49. The maximum Gasteiger partial charge on any atom is 0.416 e. The Balaban J connectivity index is 1.65. The summed E-state index contributed by atoms with van der Waals surface area (Å²) in [4.78, 5) is 31.5. The summed E-state index contributed by atoms with van der Waals surface area (Å²) in [5.41, 5.74) is 1.82. The zero-order valence-corrected chi connectivity index (χ0v) is 20.8. The van der Waals surface area contributed by atoms with Crippen molar-refractivity contribution in [3.63, 3.8) is 0 Å². The molecule has 0 spiro atoms. The Hall–Kier alpha value is -4.20. The molecule has 5 nitrogen and oxygen atoms in total. The van der Waals surface area contributed by atoms with Crippen molar-refractivity contribution >= 4 is 17.5 Å². The first-order valence-electron chi connectivity index (χ1n) is 12.3. The minimum Gasteiger partial charge on any atom is -0.362 e. The maximum absolute atomic E-state index is 14.2. The third-order valence-corrected chi connectivity index (χ3v) is 7.09. The molecule has 3 unspecified atom stereocenters. The van der Waals surface area contributed by atoms with Gasteiger partial charge in [0.2, 0.25) is 0 Å². The highest BCUT2D eigenvalue weighted by Gasteiger charge is 2.47. The minimum absolute atomic E-state index is 0.0821. The zero-order valence-electron chi connectivity index (χ0n) is 20.8. The number of aryl methyl sites for hydroxylation is 1. The van der Waals surface area contributed by atoms with Crippen LogP contribution >= 0.6 is 0 Å². The predicted molar refractivity (Wildman–Crippen MR) is 138 cm³/mol. The predicted octanol–water partition coefficient (Wildman–Crippen LogP) is 6.27. The van der Waals surface area contributed by atoms with Gasteiger partial charge in [-0.05, 0) is 48.7 Å². The number of carbonyl (C=O) groups excluding carboxylic acids is 2. The second-order valence-corrected chi connectivity index (χ2v) is 9.69. The van der Waals surface area contributed by atoms with E-state index in [-0.39, 0.29) is 35.1 Å². The molecule has 38 heavy (non-hydrogen) atoms. The Morgan fingerprint density at radius 2 is 1.71 bits per heavy atom. The number of nitrogens with zero attached hydrogens (tertiary/aromatic N) is 1. The number of alkyl halides is 3. The van der Waals surface area contributed by atoms with Crippen molar-refractivity contribution in [2.24, 2.45) is 5.92 Å². The average Bonchev–Trinajstić information content (AvgIpc) is 2.87. The molecular weight excluding hydrogens is 491 g/mol. The normalized spacial score (nSPS) is 21.3. The summed E-state index contributed by atoms with van der Waals surface area (Å²) >= 11 is 0. The van der Waals surface area contributed by atoms with Crippen molar-refractivity contribution in [3.05, 3.63) is 118 Å². The van der Waals surface area contributed by atoms with Crippen molar-refractivity contribution in [2.75, 3.05) is 5.32 Å². The molecule has 5 rings (SSSR count). The summed E-state index contributed by atoms with van der Waals surface area (Å²) in [5.74, 6) is -2.87. The molecule has 1 aromatic heterocycles. The van der Waals surface area contributed by atoms with Crippen LogP contribution in [0.1, 0.15) is 47.4 Å². The molecule has 1 aliphatic carbocycles. The van der Waals surface area contributed by atoms with Crippen molar-refractivity contribution < 1.29 is 22.8 Å². The summed E-state index contributed by atoms with van der Waals surface area (Å²) in [6.07, 6.45) is -1.09. The SMILES string of the molecule is CC1=C(C(=O)Nc2cc(C)ccn2)C(c2ccccc2C(F)(F)F)C2C(=O)CC(c3ccccc3)C=C2N1. The first-order chi connectivity index (χ1) is 18.1. The number of amides is 1. The van der Waals surface area contributed by atoms with Crippen LogP contribution in [0.4, 0.5) is 19.0 Å². The van der Waals surface area contributed by atoms with Gasteiger partial charge in [0, 0.05) is 41.4 Å². The van der Waals surface area contributed by atoms with Crippen LogP contribution in [0.3, 0.4) is 0 Å². The molecule has 2 aliphatic rings. The van der Waals surface area contributed by atoms with Crippen molar-refractivity contribution in [1.82, 2.24) is 10.3 Å². The smallest absolute Gasteiger partial charge is 0.362 e. The first-order valence-corrected chi connectivity index (χ1v) is 12.3. The maximum atomic E-state index is 14.2. The van der Waals surface area contributed by atoms with E-state index in [1.807, 2.05) is 43.3 Å². The molecule has 0 saturated heterocycles. The molecule has 0 fully saturated rings. The number of carbonyl (C=O) groups is 2. The van der Waals surface area contributed by atoms with E-state index in [9.17, 15) is 22.8 Å². The molecule has 2 N–H and O–H groups in total. The van der Waals surface area contributed by atoms with Crippen LogP contribution in [-0.4, -0.2) is 16.7 Å². The van der Waals surface area contributed by atoms with Crippen LogP contribution < -0.4 is 10.6 Å². The topological polar surface area (TPSA) is 71.1 Å². The van der Waals surface area contributed by atoms with Crippen LogP contribution in [0.5, 0.6) is 0 Å². The van der Waals surface area contributed by atoms with Crippen LogP contribution in [0.15, 0.2) is 96.0 Å². The molecule has 2 heterocycles. The van der Waals surface area contributed by atoms with Gasteiger partial charge in [0.15, 0.2) is 0 Å². The largest absolute Gasteiger partial charge is 0.416 e. The molecule has 0 saturated carbocycles. The fourth-order valence-electron chi connectivity index (χ4n) is 5.44. The van der Waals surface area contributed by atoms with Crippen molar-refractivity contribution in [2.45, 2.75) is 38.3 Å².